The zero-order chi connectivity index (χ0) is 12.5. The topological polar surface area (TPSA) is 3.24 Å². The van der Waals surface area contributed by atoms with E-state index in [-0.39, 0.29) is 5.82 Å². The average molecular weight is 235 g/mol. The molecule has 1 aliphatic heterocycles. The smallest absolute Gasteiger partial charge is 0.146 e. The van der Waals surface area contributed by atoms with Gasteiger partial charge >= 0.3 is 0 Å². The minimum atomic E-state index is -0.0956. The summed E-state index contributed by atoms with van der Waals surface area (Å²) in [5, 5.41) is 0. The number of hydrogen-bond acceptors (Lipinski definition) is 1. The summed E-state index contributed by atoms with van der Waals surface area (Å²) >= 11 is 0. The van der Waals surface area contributed by atoms with Crippen molar-refractivity contribution in [2.24, 2.45) is 11.3 Å². The van der Waals surface area contributed by atoms with Crippen molar-refractivity contribution in [2.75, 3.05) is 18.0 Å². The number of piperidine rings is 1. The lowest BCUT2D eigenvalue weighted by atomic mass is 9.75. The van der Waals surface area contributed by atoms with Crippen molar-refractivity contribution >= 4 is 5.69 Å². The highest BCUT2D eigenvalue weighted by Crippen LogP contribution is 2.35. The summed E-state index contributed by atoms with van der Waals surface area (Å²) in [4.78, 5) is 2.18. The minimum absolute atomic E-state index is 0.0956. The van der Waals surface area contributed by atoms with E-state index in [9.17, 15) is 4.39 Å². The monoisotopic (exact) mass is 235 g/mol. The van der Waals surface area contributed by atoms with Crippen LogP contribution in [0.1, 0.15) is 33.6 Å². The SMILES string of the molecule is CC(C)(C)C1CCN(c2ccccc2F)CC1. The van der Waals surface area contributed by atoms with Crippen molar-refractivity contribution in [3.63, 3.8) is 0 Å². The molecule has 1 aliphatic rings. The van der Waals surface area contributed by atoms with Crippen molar-refractivity contribution < 1.29 is 4.39 Å². The van der Waals surface area contributed by atoms with E-state index in [4.69, 9.17) is 0 Å². The highest BCUT2D eigenvalue weighted by Gasteiger charge is 2.29. The highest BCUT2D eigenvalue weighted by atomic mass is 19.1. The molecule has 0 atom stereocenters. The molecule has 1 nitrogen and oxygen atoms in total. The fraction of sp³-hybridized carbons (Fsp3) is 0.600. The Balaban J connectivity index is 2.03. The van der Waals surface area contributed by atoms with Crippen molar-refractivity contribution in [3.8, 4) is 0 Å². The molecule has 2 heteroatoms. The van der Waals surface area contributed by atoms with Gasteiger partial charge in [-0.1, -0.05) is 32.9 Å². The Morgan fingerprint density at radius 3 is 2.24 bits per heavy atom. The van der Waals surface area contributed by atoms with Crippen molar-refractivity contribution in [1.82, 2.24) is 0 Å². The molecule has 0 unspecified atom stereocenters. The molecule has 1 heterocycles. The van der Waals surface area contributed by atoms with Gasteiger partial charge in [-0.2, -0.15) is 0 Å². The quantitative estimate of drug-likeness (QED) is 0.708. The van der Waals surface area contributed by atoms with Gasteiger partial charge in [0, 0.05) is 13.1 Å². The first-order valence-corrected chi connectivity index (χ1v) is 6.48. The van der Waals surface area contributed by atoms with Crippen LogP contribution in [0.5, 0.6) is 0 Å². The molecule has 1 saturated heterocycles. The van der Waals surface area contributed by atoms with Gasteiger partial charge in [0.1, 0.15) is 5.82 Å². The Morgan fingerprint density at radius 1 is 1.12 bits per heavy atom. The molecule has 0 amide bonds. The lowest BCUT2D eigenvalue weighted by molar-refractivity contribution is 0.198. The fourth-order valence-electron chi connectivity index (χ4n) is 2.69. The van der Waals surface area contributed by atoms with Crippen molar-refractivity contribution in [3.05, 3.63) is 30.1 Å². The van der Waals surface area contributed by atoms with Crippen LogP contribution in [0.15, 0.2) is 24.3 Å². The van der Waals surface area contributed by atoms with Gasteiger partial charge in [-0.15, -0.1) is 0 Å². The van der Waals surface area contributed by atoms with Crippen LogP contribution < -0.4 is 4.90 Å². The van der Waals surface area contributed by atoms with E-state index in [1.165, 1.54) is 0 Å². The third-order valence-electron chi connectivity index (χ3n) is 3.91. The van der Waals surface area contributed by atoms with Crippen LogP contribution in [0.3, 0.4) is 0 Å². The summed E-state index contributed by atoms with van der Waals surface area (Å²) in [7, 11) is 0. The molecule has 0 bridgehead atoms. The van der Waals surface area contributed by atoms with Crippen molar-refractivity contribution in [1.29, 1.82) is 0 Å². The second-order valence-electron chi connectivity index (χ2n) is 6.08. The number of nitrogens with zero attached hydrogens (tertiary/aromatic N) is 1. The number of rotatable bonds is 1. The van der Waals surface area contributed by atoms with Gasteiger partial charge in [-0.25, -0.2) is 4.39 Å². The van der Waals surface area contributed by atoms with E-state index >= 15 is 0 Å². The molecule has 0 radical (unpaired) electrons. The van der Waals surface area contributed by atoms with Gasteiger partial charge in [0.25, 0.3) is 0 Å². The fourth-order valence-corrected chi connectivity index (χ4v) is 2.69. The summed E-state index contributed by atoms with van der Waals surface area (Å²) < 4.78 is 13.7. The normalized spacial score (nSPS) is 18.5. The predicted octanol–water partition coefficient (Wildman–Crippen LogP) is 4.09. The van der Waals surface area contributed by atoms with Crippen LogP contribution in [-0.2, 0) is 0 Å². The first-order valence-electron chi connectivity index (χ1n) is 6.48. The summed E-state index contributed by atoms with van der Waals surface area (Å²) in [6.45, 7) is 8.86. The zero-order valence-electron chi connectivity index (χ0n) is 11.0. The van der Waals surface area contributed by atoms with E-state index in [1.54, 1.807) is 12.1 Å². The Morgan fingerprint density at radius 2 is 1.71 bits per heavy atom. The van der Waals surface area contributed by atoms with Gasteiger partial charge < -0.3 is 4.90 Å². The van der Waals surface area contributed by atoms with Crippen LogP contribution >= 0.6 is 0 Å². The largest absolute Gasteiger partial charge is 0.369 e. The predicted molar refractivity (Wildman–Crippen MR) is 70.8 cm³/mol. The average Bonchev–Trinajstić information content (AvgIpc) is 2.29. The Hall–Kier alpha value is -1.05. The second kappa shape index (κ2) is 4.67. The van der Waals surface area contributed by atoms with E-state index in [1.807, 2.05) is 12.1 Å². The molecular formula is C15H22FN. The van der Waals surface area contributed by atoms with E-state index in [2.05, 4.69) is 25.7 Å². The maximum atomic E-state index is 13.7. The van der Waals surface area contributed by atoms with E-state index in [0.29, 0.717) is 5.41 Å². The number of para-hydroxylation sites is 1. The van der Waals surface area contributed by atoms with Crippen LogP contribution in [0.2, 0.25) is 0 Å². The molecule has 0 N–H and O–H groups in total. The number of halogens is 1. The van der Waals surface area contributed by atoms with Gasteiger partial charge in [0.2, 0.25) is 0 Å². The second-order valence-corrected chi connectivity index (χ2v) is 6.08. The summed E-state index contributed by atoms with van der Waals surface area (Å²) in [5.41, 5.74) is 1.14. The number of anilines is 1. The summed E-state index contributed by atoms with van der Waals surface area (Å²) in [6.07, 6.45) is 2.33. The molecule has 0 saturated carbocycles. The molecule has 0 aromatic heterocycles. The first-order chi connectivity index (χ1) is 7.98. The van der Waals surface area contributed by atoms with Gasteiger partial charge in [0.15, 0.2) is 0 Å². The summed E-state index contributed by atoms with van der Waals surface area (Å²) in [6, 6.07) is 7.09. The molecule has 2 rings (SSSR count). The molecule has 1 aromatic rings. The lowest BCUT2D eigenvalue weighted by Crippen LogP contribution is -2.38. The Bertz CT molecular complexity index is 373. The van der Waals surface area contributed by atoms with E-state index < -0.39 is 0 Å². The van der Waals surface area contributed by atoms with Crippen LogP contribution in [0.25, 0.3) is 0 Å². The van der Waals surface area contributed by atoms with Gasteiger partial charge in [0.05, 0.1) is 5.69 Å². The highest BCUT2D eigenvalue weighted by molar-refractivity contribution is 5.47. The van der Waals surface area contributed by atoms with Crippen LogP contribution in [-0.4, -0.2) is 13.1 Å². The molecule has 17 heavy (non-hydrogen) atoms. The minimum Gasteiger partial charge on any atom is -0.369 e. The van der Waals surface area contributed by atoms with Gasteiger partial charge in [-0.3, -0.25) is 0 Å². The third kappa shape index (κ3) is 2.80. The summed E-state index contributed by atoms with van der Waals surface area (Å²) in [5.74, 6) is 0.659. The van der Waals surface area contributed by atoms with Crippen molar-refractivity contribution in [2.45, 2.75) is 33.6 Å². The maximum absolute atomic E-state index is 13.7. The van der Waals surface area contributed by atoms with E-state index in [0.717, 1.165) is 37.5 Å². The van der Waals surface area contributed by atoms with Crippen LogP contribution in [0, 0.1) is 17.2 Å². The Labute approximate surface area is 104 Å². The van der Waals surface area contributed by atoms with Gasteiger partial charge in [-0.05, 0) is 36.3 Å². The molecule has 0 aliphatic carbocycles. The third-order valence-corrected chi connectivity index (χ3v) is 3.91. The number of benzene rings is 1. The first kappa shape index (κ1) is 12.4. The van der Waals surface area contributed by atoms with Crippen LogP contribution in [0.4, 0.5) is 10.1 Å². The molecule has 1 aromatic carbocycles. The lowest BCUT2D eigenvalue weighted by Gasteiger charge is -2.39. The molecular weight excluding hydrogens is 213 g/mol. The maximum Gasteiger partial charge on any atom is 0.146 e. The standard InChI is InChI=1S/C15H22FN/c1-15(2,3)12-8-10-17(11-9-12)14-7-5-4-6-13(14)16/h4-7,12H,8-11H2,1-3H3. The zero-order valence-corrected chi connectivity index (χ0v) is 11.0. The Kier molecular flexibility index (Phi) is 3.41. The number of hydrogen-bond donors (Lipinski definition) is 0. The molecule has 1 fully saturated rings. The molecule has 0 spiro atoms. The molecule has 94 valence electrons.